The van der Waals surface area contributed by atoms with Crippen molar-refractivity contribution in [3.8, 4) is 0 Å². The molecule has 1 fully saturated rings. The zero-order valence-electron chi connectivity index (χ0n) is 10.4. The Balaban J connectivity index is 2.03. The van der Waals surface area contributed by atoms with Crippen LogP contribution in [0.25, 0.3) is 0 Å². The van der Waals surface area contributed by atoms with Crippen LogP contribution in [0.4, 0.5) is 0 Å². The molecular weight excluding hydrogens is 216 g/mol. The monoisotopic (exact) mass is 236 g/mol. The Hall–Kier alpha value is -1.16. The fraction of sp³-hybridized carbons (Fsp3) is 0.692. The molecule has 1 aromatic rings. The first kappa shape index (κ1) is 12.3. The van der Waals surface area contributed by atoms with Gasteiger partial charge in [-0.3, -0.25) is 9.36 Å². The van der Waals surface area contributed by atoms with Gasteiger partial charge in [-0.25, -0.2) is 4.98 Å². The lowest BCUT2D eigenvalue weighted by Crippen LogP contribution is -2.30. The number of hydrogen-bond acceptors (Lipinski definition) is 3. The van der Waals surface area contributed by atoms with Gasteiger partial charge >= 0.3 is 0 Å². The molecule has 1 aliphatic heterocycles. The number of aryl methyl sites for hydroxylation is 1. The van der Waals surface area contributed by atoms with E-state index < -0.39 is 0 Å². The molecule has 4 nitrogen and oxygen atoms in total. The summed E-state index contributed by atoms with van der Waals surface area (Å²) >= 11 is 0. The van der Waals surface area contributed by atoms with Gasteiger partial charge in [0.05, 0.1) is 19.0 Å². The van der Waals surface area contributed by atoms with Crippen LogP contribution >= 0.6 is 0 Å². The Bertz CT molecular complexity index is 408. The first-order chi connectivity index (χ1) is 8.29. The minimum atomic E-state index is 0.0395. The highest BCUT2D eigenvalue weighted by Crippen LogP contribution is 2.13. The van der Waals surface area contributed by atoms with Gasteiger partial charge in [0, 0.05) is 18.4 Å². The lowest BCUT2D eigenvalue weighted by atomic mass is 10.1. The molecule has 0 saturated carbocycles. The Morgan fingerprint density at radius 1 is 1.53 bits per heavy atom. The summed E-state index contributed by atoms with van der Waals surface area (Å²) in [5, 5.41) is 0. The molecule has 0 aromatic carbocycles. The van der Waals surface area contributed by atoms with E-state index in [4.69, 9.17) is 4.74 Å². The summed E-state index contributed by atoms with van der Waals surface area (Å²) in [5.74, 6) is 0. The lowest BCUT2D eigenvalue weighted by Gasteiger charge is -2.23. The summed E-state index contributed by atoms with van der Waals surface area (Å²) in [6, 6.07) is 1.65. The van der Waals surface area contributed by atoms with Crippen molar-refractivity contribution in [2.45, 2.75) is 51.7 Å². The predicted molar refractivity (Wildman–Crippen MR) is 66.1 cm³/mol. The maximum atomic E-state index is 11.9. The normalized spacial score (nSPS) is 20.4. The number of nitrogens with zero attached hydrogens (tertiary/aromatic N) is 2. The third-order valence-electron chi connectivity index (χ3n) is 3.12. The van der Waals surface area contributed by atoms with Crippen LogP contribution in [0.1, 0.15) is 38.3 Å². The van der Waals surface area contributed by atoms with Crippen LogP contribution in [0.15, 0.2) is 17.2 Å². The SMILES string of the molecule is CCCc1cc(=O)n(CC2CCCCO2)cn1. The van der Waals surface area contributed by atoms with E-state index in [-0.39, 0.29) is 11.7 Å². The summed E-state index contributed by atoms with van der Waals surface area (Å²) < 4.78 is 7.29. The fourth-order valence-corrected chi connectivity index (χ4v) is 2.16. The van der Waals surface area contributed by atoms with Gasteiger partial charge in [-0.15, -0.1) is 0 Å². The number of aromatic nitrogens is 2. The molecule has 1 aliphatic rings. The molecule has 0 radical (unpaired) electrons. The molecule has 94 valence electrons. The first-order valence-electron chi connectivity index (χ1n) is 6.46. The van der Waals surface area contributed by atoms with E-state index in [2.05, 4.69) is 11.9 Å². The summed E-state index contributed by atoms with van der Waals surface area (Å²) in [5.41, 5.74) is 0.927. The quantitative estimate of drug-likeness (QED) is 0.800. The van der Waals surface area contributed by atoms with Gasteiger partial charge in [-0.05, 0) is 25.7 Å². The molecule has 0 aliphatic carbocycles. The predicted octanol–water partition coefficient (Wildman–Crippen LogP) is 1.76. The molecule has 0 spiro atoms. The van der Waals surface area contributed by atoms with Crippen molar-refractivity contribution in [3.05, 3.63) is 28.4 Å². The average Bonchev–Trinajstić information content (AvgIpc) is 2.34. The van der Waals surface area contributed by atoms with Crippen molar-refractivity contribution in [2.75, 3.05) is 6.61 Å². The van der Waals surface area contributed by atoms with E-state index >= 15 is 0 Å². The molecule has 0 bridgehead atoms. The van der Waals surface area contributed by atoms with Gasteiger partial charge in [-0.2, -0.15) is 0 Å². The highest BCUT2D eigenvalue weighted by atomic mass is 16.5. The molecule has 2 rings (SSSR count). The molecule has 1 unspecified atom stereocenters. The van der Waals surface area contributed by atoms with Crippen LogP contribution in [0.2, 0.25) is 0 Å². The molecule has 1 saturated heterocycles. The van der Waals surface area contributed by atoms with Crippen LogP contribution in [0.3, 0.4) is 0 Å². The third kappa shape index (κ3) is 3.40. The molecule has 2 heterocycles. The molecule has 0 N–H and O–H groups in total. The highest BCUT2D eigenvalue weighted by Gasteiger charge is 2.14. The van der Waals surface area contributed by atoms with Crippen LogP contribution in [0, 0.1) is 0 Å². The van der Waals surface area contributed by atoms with Crippen LogP contribution in [-0.2, 0) is 17.7 Å². The van der Waals surface area contributed by atoms with E-state index in [0.717, 1.165) is 38.0 Å². The number of rotatable bonds is 4. The van der Waals surface area contributed by atoms with Gasteiger partial charge in [0.1, 0.15) is 0 Å². The summed E-state index contributed by atoms with van der Waals surface area (Å²) in [6.45, 7) is 3.54. The van der Waals surface area contributed by atoms with Gasteiger partial charge in [0.15, 0.2) is 0 Å². The van der Waals surface area contributed by atoms with Gasteiger partial charge in [0.25, 0.3) is 5.56 Å². The van der Waals surface area contributed by atoms with Crippen LogP contribution in [-0.4, -0.2) is 22.3 Å². The number of hydrogen-bond donors (Lipinski definition) is 0. The van der Waals surface area contributed by atoms with Crippen molar-refractivity contribution in [2.24, 2.45) is 0 Å². The molecule has 4 heteroatoms. The van der Waals surface area contributed by atoms with E-state index in [1.165, 1.54) is 6.42 Å². The zero-order chi connectivity index (χ0) is 12.1. The number of ether oxygens (including phenoxy) is 1. The molecule has 1 aromatic heterocycles. The standard InChI is InChI=1S/C13H20N2O2/c1-2-5-11-8-13(16)15(10-14-11)9-12-6-3-4-7-17-12/h8,10,12H,2-7,9H2,1H3. The van der Waals surface area contributed by atoms with E-state index in [0.29, 0.717) is 6.54 Å². The van der Waals surface area contributed by atoms with Crippen molar-refractivity contribution in [3.63, 3.8) is 0 Å². The second kappa shape index (κ2) is 5.96. The lowest BCUT2D eigenvalue weighted by molar-refractivity contribution is 0.00524. The average molecular weight is 236 g/mol. The van der Waals surface area contributed by atoms with Crippen molar-refractivity contribution in [1.82, 2.24) is 9.55 Å². The van der Waals surface area contributed by atoms with Crippen molar-refractivity contribution >= 4 is 0 Å². The summed E-state index contributed by atoms with van der Waals surface area (Å²) in [4.78, 5) is 16.2. The second-order valence-electron chi connectivity index (χ2n) is 4.61. The molecule has 17 heavy (non-hydrogen) atoms. The van der Waals surface area contributed by atoms with Crippen molar-refractivity contribution in [1.29, 1.82) is 0 Å². The summed E-state index contributed by atoms with van der Waals surface area (Å²) in [7, 11) is 0. The molecule has 0 amide bonds. The Labute approximate surface area is 102 Å². The second-order valence-corrected chi connectivity index (χ2v) is 4.61. The smallest absolute Gasteiger partial charge is 0.253 e. The van der Waals surface area contributed by atoms with Gasteiger partial charge < -0.3 is 4.74 Å². The zero-order valence-corrected chi connectivity index (χ0v) is 10.4. The maximum absolute atomic E-state index is 11.9. The van der Waals surface area contributed by atoms with Gasteiger partial charge in [-0.1, -0.05) is 13.3 Å². The third-order valence-corrected chi connectivity index (χ3v) is 3.12. The van der Waals surface area contributed by atoms with Crippen LogP contribution < -0.4 is 5.56 Å². The first-order valence-corrected chi connectivity index (χ1v) is 6.46. The highest BCUT2D eigenvalue weighted by molar-refractivity contribution is 4.99. The van der Waals surface area contributed by atoms with E-state index in [1.807, 2.05) is 0 Å². The minimum Gasteiger partial charge on any atom is -0.376 e. The molecule has 1 atom stereocenters. The van der Waals surface area contributed by atoms with Gasteiger partial charge in [0.2, 0.25) is 0 Å². The van der Waals surface area contributed by atoms with Crippen molar-refractivity contribution < 1.29 is 4.74 Å². The fourth-order valence-electron chi connectivity index (χ4n) is 2.16. The summed E-state index contributed by atoms with van der Waals surface area (Å²) in [6.07, 6.45) is 7.10. The van der Waals surface area contributed by atoms with Crippen LogP contribution in [0.5, 0.6) is 0 Å². The Morgan fingerprint density at radius 3 is 3.06 bits per heavy atom. The topological polar surface area (TPSA) is 44.1 Å². The minimum absolute atomic E-state index is 0.0395. The Morgan fingerprint density at radius 2 is 2.41 bits per heavy atom. The molecular formula is C13H20N2O2. The van der Waals surface area contributed by atoms with E-state index in [1.54, 1.807) is 17.0 Å². The van der Waals surface area contributed by atoms with E-state index in [9.17, 15) is 4.79 Å². The maximum Gasteiger partial charge on any atom is 0.253 e. The Kier molecular flexibility index (Phi) is 4.31. The largest absolute Gasteiger partial charge is 0.376 e.